The predicted molar refractivity (Wildman–Crippen MR) is 181 cm³/mol. The summed E-state index contributed by atoms with van der Waals surface area (Å²) in [5.41, 5.74) is 8.29. The van der Waals surface area contributed by atoms with Crippen LogP contribution in [0.2, 0.25) is 0 Å². The fourth-order valence-corrected chi connectivity index (χ4v) is 6.57. The van der Waals surface area contributed by atoms with Crippen LogP contribution < -0.4 is 0 Å². The fraction of sp³-hybridized carbons (Fsp3) is 0.195. The molecule has 1 aliphatic carbocycles. The molecule has 1 aliphatic rings. The van der Waals surface area contributed by atoms with Crippen LogP contribution in [0.3, 0.4) is 0 Å². The Bertz CT molecular complexity index is 1660. The van der Waals surface area contributed by atoms with E-state index in [0.717, 1.165) is 32.3 Å². The molecule has 0 amide bonds. The molecule has 0 saturated carbocycles. The van der Waals surface area contributed by atoms with E-state index in [1.807, 2.05) is 12.2 Å². The lowest BCUT2D eigenvalue weighted by molar-refractivity contribution is 0.0814. The SMILES string of the molecule is C=C/C=C\C=C/CC(c1ccccc1)(c1ccccc1)n1cnc2c1CC(COCc1ccccc1-c1ccccc1)CC2. The molecule has 0 fully saturated rings. The van der Waals surface area contributed by atoms with Crippen molar-refractivity contribution in [3.8, 4) is 11.1 Å². The quantitative estimate of drug-likeness (QED) is 0.138. The van der Waals surface area contributed by atoms with Crippen molar-refractivity contribution in [2.75, 3.05) is 6.61 Å². The van der Waals surface area contributed by atoms with E-state index in [2.05, 4.69) is 145 Å². The molecule has 0 aliphatic heterocycles. The van der Waals surface area contributed by atoms with Crippen molar-refractivity contribution in [1.29, 1.82) is 0 Å². The minimum atomic E-state index is -0.432. The molecule has 0 spiro atoms. The highest BCUT2D eigenvalue weighted by molar-refractivity contribution is 5.67. The first-order chi connectivity index (χ1) is 21.8. The number of aromatic nitrogens is 2. The lowest BCUT2D eigenvalue weighted by Gasteiger charge is -2.38. The standard InChI is InChI=1S/C41H40N2O/c1-2-3-4-5-17-28-41(36-21-11-7-12-22-36,37-23-13-8-14-24-37)43-32-42-39-27-26-33(29-40(39)43)30-44-31-35-20-15-16-25-38(35)34-18-9-6-10-19-34/h2-25,32-33H,1,26-31H2/b4-3-,17-5-. The zero-order chi connectivity index (χ0) is 30.0. The number of aryl methyl sites for hydroxylation is 1. The normalized spacial score (nSPS) is 15.0. The van der Waals surface area contributed by atoms with Crippen molar-refractivity contribution in [2.24, 2.45) is 5.92 Å². The van der Waals surface area contributed by atoms with Gasteiger partial charge in [0.25, 0.3) is 0 Å². The van der Waals surface area contributed by atoms with Crippen LogP contribution in [-0.4, -0.2) is 16.2 Å². The van der Waals surface area contributed by atoms with E-state index in [-0.39, 0.29) is 0 Å². The maximum Gasteiger partial charge on any atom is 0.0995 e. The number of rotatable bonds is 12. The van der Waals surface area contributed by atoms with Crippen LogP contribution in [-0.2, 0) is 29.7 Å². The van der Waals surface area contributed by atoms with E-state index in [1.165, 1.54) is 39.2 Å². The van der Waals surface area contributed by atoms with Crippen molar-refractivity contribution in [1.82, 2.24) is 9.55 Å². The Morgan fingerprint density at radius 3 is 2.16 bits per heavy atom. The largest absolute Gasteiger partial charge is 0.376 e. The van der Waals surface area contributed by atoms with Gasteiger partial charge in [0.2, 0.25) is 0 Å². The van der Waals surface area contributed by atoms with E-state index < -0.39 is 5.54 Å². The lowest BCUT2D eigenvalue weighted by Crippen LogP contribution is -2.38. The van der Waals surface area contributed by atoms with Crippen molar-refractivity contribution >= 4 is 0 Å². The number of fused-ring (bicyclic) bond motifs is 1. The van der Waals surface area contributed by atoms with Crippen LogP contribution in [0, 0.1) is 5.92 Å². The third-order valence-electron chi connectivity index (χ3n) is 8.76. The summed E-state index contributed by atoms with van der Waals surface area (Å²) in [4.78, 5) is 5.01. The highest BCUT2D eigenvalue weighted by atomic mass is 16.5. The summed E-state index contributed by atoms with van der Waals surface area (Å²) in [5.74, 6) is 0.428. The van der Waals surface area contributed by atoms with E-state index in [1.54, 1.807) is 6.08 Å². The smallest absolute Gasteiger partial charge is 0.0995 e. The van der Waals surface area contributed by atoms with E-state index in [0.29, 0.717) is 12.5 Å². The molecule has 4 aromatic carbocycles. The van der Waals surface area contributed by atoms with Gasteiger partial charge in [-0.25, -0.2) is 4.98 Å². The van der Waals surface area contributed by atoms with Crippen LogP contribution in [0.5, 0.6) is 0 Å². The average molecular weight is 577 g/mol. The predicted octanol–water partition coefficient (Wildman–Crippen LogP) is 9.35. The molecule has 1 heterocycles. The monoisotopic (exact) mass is 576 g/mol. The molecular weight excluding hydrogens is 536 g/mol. The number of ether oxygens (including phenoxy) is 1. The molecule has 44 heavy (non-hydrogen) atoms. The number of allylic oxidation sites excluding steroid dienone is 5. The molecule has 1 unspecified atom stereocenters. The number of benzene rings is 4. The van der Waals surface area contributed by atoms with Crippen LogP contribution in [0.4, 0.5) is 0 Å². The van der Waals surface area contributed by atoms with Gasteiger partial charge in [-0.15, -0.1) is 0 Å². The molecule has 1 aromatic heterocycles. The van der Waals surface area contributed by atoms with Crippen LogP contribution in [0.25, 0.3) is 11.1 Å². The van der Waals surface area contributed by atoms with Crippen molar-refractivity contribution in [3.05, 3.63) is 187 Å². The zero-order valence-corrected chi connectivity index (χ0v) is 25.3. The average Bonchev–Trinajstić information content (AvgIpc) is 3.52. The number of hydrogen-bond donors (Lipinski definition) is 0. The molecule has 0 radical (unpaired) electrons. The molecule has 220 valence electrons. The first kappa shape index (κ1) is 29.3. The highest BCUT2D eigenvalue weighted by Crippen LogP contribution is 2.41. The summed E-state index contributed by atoms with van der Waals surface area (Å²) in [6.45, 7) is 5.14. The van der Waals surface area contributed by atoms with Crippen LogP contribution in [0.15, 0.2) is 159 Å². The Morgan fingerprint density at radius 1 is 0.795 bits per heavy atom. The summed E-state index contributed by atoms with van der Waals surface area (Å²) in [6, 6.07) is 40.9. The molecule has 6 rings (SSSR count). The van der Waals surface area contributed by atoms with E-state index in [9.17, 15) is 0 Å². The van der Waals surface area contributed by atoms with Gasteiger partial charge in [-0.3, -0.25) is 0 Å². The van der Waals surface area contributed by atoms with Gasteiger partial charge in [0.1, 0.15) is 0 Å². The third kappa shape index (κ3) is 6.29. The molecular formula is C41H40N2O. The van der Waals surface area contributed by atoms with Gasteiger partial charge < -0.3 is 9.30 Å². The third-order valence-corrected chi connectivity index (χ3v) is 8.76. The summed E-state index contributed by atoms with van der Waals surface area (Å²) in [6.07, 6.45) is 16.1. The van der Waals surface area contributed by atoms with E-state index in [4.69, 9.17) is 9.72 Å². The topological polar surface area (TPSA) is 27.1 Å². The number of nitrogens with zero attached hydrogens (tertiary/aromatic N) is 2. The van der Waals surface area contributed by atoms with Crippen molar-refractivity contribution in [2.45, 2.75) is 37.8 Å². The van der Waals surface area contributed by atoms with Gasteiger partial charge in [-0.1, -0.05) is 152 Å². The molecule has 1 atom stereocenters. The van der Waals surface area contributed by atoms with Gasteiger partial charge in [0.05, 0.1) is 30.8 Å². The lowest BCUT2D eigenvalue weighted by atomic mass is 9.78. The summed E-state index contributed by atoms with van der Waals surface area (Å²) < 4.78 is 8.92. The molecule has 3 nitrogen and oxygen atoms in total. The molecule has 0 saturated heterocycles. The second kappa shape index (κ2) is 14.2. The van der Waals surface area contributed by atoms with Gasteiger partial charge in [0.15, 0.2) is 0 Å². The Kier molecular flexibility index (Phi) is 9.44. The van der Waals surface area contributed by atoms with Crippen molar-refractivity contribution < 1.29 is 4.74 Å². The zero-order valence-electron chi connectivity index (χ0n) is 25.3. The second-order valence-corrected chi connectivity index (χ2v) is 11.5. The fourth-order valence-electron chi connectivity index (χ4n) is 6.57. The Morgan fingerprint density at radius 2 is 1.45 bits per heavy atom. The molecule has 5 aromatic rings. The van der Waals surface area contributed by atoms with Gasteiger partial charge in [0, 0.05) is 5.69 Å². The number of hydrogen-bond acceptors (Lipinski definition) is 2. The Hall–Kier alpha value is -4.73. The van der Waals surface area contributed by atoms with Gasteiger partial charge >= 0.3 is 0 Å². The summed E-state index contributed by atoms with van der Waals surface area (Å²) in [7, 11) is 0. The van der Waals surface area contributed by atoms with Crippen LogP contribution in [0.1, 0.15) is 40.9 Å². The first-order valence-corrected chi connectivity index (χ1v) is 15.6. The van der Waals surface area contributed by atoms with Crippen molar-refractivity contribution in [3.63, 3.8) is 0 Å². The molecule has 3 heteroatoms. The Balaban J connectivity index is 1.29. The van der Waals surface area contributed by atoms with Gasteiger partial charge in [-0.05, 0) is 59.4 Å². The number of imidazole rings is 1. The Labute approximate surface area is 261 Å². The summed E-state index contributed by atoms with van der Waals surface area (Å²) in [5, 5.41) is 0. The minimum Gasteiger partial charge on any atom is -0.376 e. The molecule has 0 bridgehead atoms. The minimum absolute atomic E-state index is 0.428. The summed E-state index contributed by atoms with van der Waals surface area (Å²) >= 11 is 0. The van der Waals surface area contributed by atoms with E-state index >= 15 is 0 Å². The maximum absolute atomic E-state index is 6.45. The maximum atomic E-state index is 6.45. The highest BCUT2D eigenvalue weighted by Gasteiger charge is 2.38. The molecule has 0 N–H and O–H groups in total. The first-order valence-electron chi connectivity index (χ1n) is 15.6. The second-order valence-electron chi connectivity index (χ2n) is 11.5. The van der Waals surface area contributed by atoms with Gasteiger partial charge in [-0.2, -0.15) is 0 Å². The van der Waals surface area contributed by atoms with Crippen LogP contribution >= 0.6 is 0 Å².